The van der Waals surface area contributed by atoms with Crippen molar-refractivity contribution < 1.29 is 18.8 Å². The van der Waals surface area contributed by atoms with E-state index in [0.717, 1.165) is 17.9 Å². The summed E-state index contributed by atoms with van der Waals surface area (Å²) in [5, 5.41) is 0. The zero-order valence-corrected chi connectivity index (χ0v) is 17.4. The Hall–Kier alpha value is -1.33. The minimum absolute atomic E-state index is 0.188. The minimum Gasteiger partial charge on any atom is -0.456 e. The lowest BCUT2D eigenvalue weighted by molar-refractivity contribution is -0.199. The quantitative estimate of drug-likeness (QED) is 0.582. The molecule has 5 heteroatoms. The van der Waals surface area contributed by atoms with Gasteiger partial charge in [0, 0.05) is 6.32 Å². The highest BCUT2D eigenvalue weighted by Gasteiger charge is 2.67. The summed E-state index contributed by atoms with van der Waals surface area (Å²) in [6, 6.07) is 7.62. The van der Waals surface area contributed by atoms with Gasteiger partial charge in [-0.2, -0.15) is 0 Å². The number of esters is 1. The van der Waals surface area contributed by atoms with E-state index in [1.807, 2.05) is 39.0 Å². The summed E-state index contributed by atoms with van der Waals surface area (Å²) in [5.74, 6) is 1.02. The van der Waals surface area contributed by atoms with Crippen LogP contribution in [0.25, 0.3) is 0 Å². The topological polar surface area (TPSA) is 44.8 Å². The molecule has 0 spiro atoms. The fourth-order valence-corrected chi connectivity index (χ4v) is 5.39. The van der Waals surface area contributed by atoms with Crippen LogP contribution < -0.4 is 0 Å². The third kappa shape index (κ3) is 3.23. The van der Waals surface area contributed by atoms with E-state index in [9.17, 15) is 4.79 Å². The van der Waals surface area contributed by atoms with E-state index in [1.54, 1.807) is 6.07 Å². The Balaban J connectivity index is 1.45. The molecule has 2 bridgehead atoms. The van der Waals surface area contributed by atoms with E-state index in [2.05, 4.69) is 20.8 Å². The van der Waals surface area contributed by atoms with Crippen LogP contribution in [0.2, 0.25) is 0 Å². The molecule has 146 valence electrons. The van der Waals surface area contributed by atoms with E-state index in [4.69, 9.17) is 14.0 Å². The van der Waals surface area contributed by atoms with Crippen molar-refractivity contribution in [3.05, 3.63) is 35.4 Å². The molecule has 27 heavy (non-hydrogen) atoms. The Morgan fingerprint density at radius 3 is 2.67 bits per heavy atom. The monoisotopic (exact) mass is 370 g/mol. The zero-order valence-electron chi connectivity index (χ0n) is 17.4. The Morgan fingerprint density at radius 2 is 2.00 bits per heavy atom. The lowest BCUT2D eigenvalue weighted by Crippen LogP contribution is -2.65. The Labute approximate surface area is 163 Å². The molecule has 0 amide bonds. The van der Waals surface area contributed by atoms with E-state index in [0.29, 0.717) is 23.2 Å². The van der Waals surface area contributed by atoms with Gasteiger partial charge in [0.2, 0.25) is 0 Å². The van der Waals surface area contributed by atoms with Crippen molar-refractivity contribution in [1.29, 1.82) is 0 Å². The summed E-state index contributed by atoms with van der Waals surface area (Å²) >= 11 is 0. The highest BCUT2D eigenvalue weighted by Crippen LogP contribution is 2.65. The van der Waals surface area contributed by atoms with E-state index >= 15 is 0 Å². The summed E-state index contributed by atoms with van der Waals surface area (Å²) in [7, 11) is -0.246. The molecule has 0 aromatic heterocycles. The van der Waals surface area contributed by atoms with Crippen LogP contribution in [0.3, 0.4) is 0 Å². The van der Waals surface area contributed by atoms with E-state index < -0.39 is 5.60 Å². The molecule has 1 heterocycles. The van der Waals surface area contributed by atoms with E-state index in [1.165, 1.54) is 6.42 Å². The summed E-state index contributed by atoms with van der Waals surface area (Å²) in [6.07, 6.45) is 3.19. The van der Waals surface area contributed by atoms with Gasteiger partial charge < -0.3 is 14.0 Å². The first-order chi connectivity index (χ1) is 12.5. The first-order valence-corrected chi connectivity index (χ1v) is 10.1. The number of ether oxygens (including phenoxy) is 1. The molecule has 1 aromatic rings. The molecule has 1 saturated heterocycles. The van der Waals surface area contributed by atoms with Crippen molar-refractivity contribution in [1.82, 2.24) is 0 Å². The van der Waals surface area contributed by atoms with E-state index in [-0.39, 0.29) is 24.8 Å². The van der Waals surface area contributed by atoms with Gasteiger partial charge in [-0.25, -0.2) is 4.79 Å². The third-order valence-electron chi connectivity index (χ3n) is 6.97. The number of carbonyl (C=O) groups is 1. The van der Waals surface area contributed by atoms with Crippen LogP contribution in [0, 0.1) is 17.3 Å². The lowest BCUT2D eigenvalue weighted by Gasteiger charge is -2.64. The number of benzene rings is 1. The number of hydrogen-bond donors (Lipinski definition) is 0. The fraction of sp³-hybridized carbons (Fsp3) is 0.682. The molecule has 1 unspecified atom stereocenters. The highest BCUT2D eigenvalue weighted by molar-refractivity contribution is 6.44. The van der Waals surface area contributed by atoms with Crippen molar-refractivity contribution in [3.8, 4) is 0 Å². The Bertz CT molecular complexity index is 753. The normalized spacial score (nSPS) is 34.0. The predicted octanol–water partition coefficient (Wildman–Crippen LogP) is 4.45. The summed E-state index contributed by atoms with van der Waals surface area (Å²) in [5.41, 5.74) is 1.28. The summed E-state index contributed by atoms with van der Waals surface area (Å²) in [6.45, 7) is 12.6. The van der Waals surface area contributed by atoms with Crippen LogP contribution in [0.15, 0.2) is 24.3 Å². The number of hydrogen-bond acceptors (Lipinski definition) is 4. The van der Waals surface area contributed by atoms with Crippen LogP contribution in [0.4, 0.5) is 0 Å². The average Bonchev–Trinajstić information content (AvgIpc) is 2.88. The maximum Gasteiger partial charge on any atom is 0.462 e. The number of carbonyl (C=O) groups excluding carboxylic acids is 1. The molecule has 0 radical (unpaired) electrons. The van der Waals surface area contributed by atoms with Crippen LogP contribution in [0.5, 0.6) is 0 Å². The Morgan fingerprint density at radius 1 is 1.26 bits per heavy atom. The second-order valence-electron chi connectivity index (χ2n) is 10.3. The molecule has 5 rings (SSSR count). The molecule has 1 aromatic carbocycles. The van der Waals surface area contributed by atoms with Crippen LogP contribution in [-0.2, 0) is 20.4 Å². The molecule has 4 fully saturated rings. The molecule has 1 aliphatic heterocycles. The Kier molecular flexibility index (Phi) is 4.28. The second-order valence-corrected chi connectivity index (χ2v) is 10.3. The minimum atomic E-state index is -0.497. The maximum absolute atomic E-state index is 12.3. The standard InChI is InChI=1S/C22H31BO4/c1-20(2,3)25-19(24)15-9-7-8-14(10-15)13-23-26-18-12-16-11-17(21(16,4)5)22(18,6)27-23/h7-10,16-18H,11-13H2,1-6H3/t16-,17-,18?,22-/m0/s1. The van der Waals surface area contributed by atoms with Gasteiger partial charge in [-0.05, 0) is 75.5 Å². The van der Waals surface area contributed by atoms with Crippen molar-refractivity contribution in [2.45, 2.75) is 78.0 Å². The summed E-state index contributed by atoms with van der Waals surface area (Å²) in [4.78, 5) is 12.3. The van der Waals surface area contributed by atoms with Gasteiger partial charge in [-0.15, -0.1) is 0 Å². The second kappa shape index (κ2) is 6.08. The van der Waals surface area contributed by atoms with Gasteiger partial charge in [0.05, 0.1) is 17.3 Å². The molecule has 4 aliphatic rings. The lowest BCUT2D eigenvalue weighted by atomic mass is 9.43. The van der Waals surface area contributed by atoms with Crippen molar-refractivity contribution >= 4 is 13.1 Å². The van der Waals surface area contributed by atoms with Crippen molar-refractivity contribution in [2.24, 2.45) is 17.3 Å². The van der Waals surface area contributed by atoms with Crippen molar-refractivity contribution in [2.75, 3.05) is 0 Å². The van der Waals surface area contributed by atoms with Gasteiger partial charge >= 0.3 is 13.1 Å². The third-order valence-corrected chi connectivity index (χ3v) is 6.97. The largest absolute Gasteiger partial charge is 0.462 e. The SMILES string of the molecule is CC(C)(C)OC(=O)c1cccc(CB2OC3C[C@@H]4C[C@@H](C4(C)C)[C@]3(C)O2)c1. The maximum atomic E-state index is 12.3. The highest BCUT2D eigenvalue weighted by atomic mass is 16.7. The van der Waals surface area contributed by atoms with Gasteiger partial charge in [-0.3, -0.25) is 0 Å². The fourth-order valence-electron chi connectivity index (χ4n) is 5.39. The molecule has 4 atom stereocenters. The molecule has 3 saturated carbocycles. The first-order valence-electron chi connectivity index (χ1n) is 10.1. The number of rotatable bonds is 3. The van der Waals surface area contributed by atoms with Gasteiger partial charge in [0.1, 0.15) is 5.60 Å². The summed E-state index contributed by atoms with van der Waals surface area (Å²) < 4.78 is 18.3. The van der Waals surface area contributed by atoms with Crippen LogP contribution in [0.1, 0.15) is 70.3 Å². The van der Waals surface area contributed by atoms with Gasteiger partial charge in [0.15, 0.2) is 0 Å². The van der Waals surface area contributed by atoms with Crippen molar-refractivity contribution in [3.63, 3.8) is 0 Å². The van der Waals surface area contributed by atoms with Crippen LogP contribution in [-0.4, -0.2) is 30.4 Å². The average molecular weight is 370 g/mol. The van der Waals surface area contributed by atoms with Gasteiger partial charge in [-0.1, -0.05) is 26.0 Å². The smallest absolute Gasteiger partial charge is 0.456 e. The molecule has 3 aliphatic carbocycles. The first kappa shape index (κ1) is 19.0. The molecular formula is C22H31BO4. The molecule has 4 nitrogen and oxygen atoms in total. The molecular weight excluding hydrogens is 339 g/mol. The van der Waals surface area contributed by atoms with Crippen LogP contribution >= 0.6 is 0 Å². The molecule has 0 N–H and O–H groups in total. The predicted molar refractivity (Wildman–Crippen MR) is 105 cm³/mol. The van der Waals surface area contributed by atoms with Gasteiger partial charge in [0.25, 0.3) is 0 Å². The zero-order chi connectivity index (χ0) is 19.6.